The zero-order valence-electron chi connectivity index (χ0n) is 44.7. The average molecular weight is 1080 g/mol. The molecule has 0 aromatic carbocycles. The van der Waals surface area contributed by atoms with Crippen LogP contribution in [-0.4, -0.2) is 232 Å². The molecule has 0 aromatic heterocycles. The third kappa shape index (κ3) is 10.8. The highest BCUT2D eigenvalue weighted by molar-refractivity contribution is 5.32. The predicted molar refractivity (Wildman–Crippen MR) is 260 cm³/mol. The van der Waals surface area contributed by atoms with E-state index in [1.165, 1.54) is 0 Å². The van der Waals surface area contributed by atoms with Crippen molar-refractivity contribution in [2.45, 2.75) is 248 Å². The van der Waals surface area contributed by atoms with E-state index in [0.29, 0.717) is 32.1 Å². The first-order valence-corrected chi connectivity index (χ1v) is 27.3. The molecular formula is C53H90O22. The molecule has 434 valence electrons. The van der Waals surface area contributed by atoms with Crippen molar-refractivity contribution >= 4 is 0 Å². The quantitative estimate of drug-likeness (QED) is 0.0777. The Hall–Kier alpha value is -1.14. The molecule has 4 heterocycles. The van der Waals surface area contributed by atoms with Gasteiger partial charge in [0.25, 0.3) is 0 Å². The number of aliphatic hydroxyl groups excluding tert-OH is 13. The van der Waals surface area contributed by atoms with Crippen molar-refractivity contribution in [2.75, 3.05) is 26.4 Å². The van der Waals surface area contributed by atoms with Crippen molar-refractivity contribution in [3.63, 3.8) is 0 Å². The van der Waals surface area contributed by atoms with Crippen LogP contribution >= 0.6 is 0 Å². The summed E-state index contributed by atoms with van der Waals surface area (Å²) in [5, 5.41) is 150. The third-order valence-electron chi connectivity index (χ3n) is 20.3. The lowest BCUT2D eigenvalue weighted by atomic mass is 9.38. The van der Waals surface area contributed by atoms with Gasteiger partial charge in [0, 0.05) is 17.3 Å². The molecule has 4 aliphatic carbocycles. The SMILES string of the molecule is C[C@H](CC[C@@H](O[C@@H]1OC[C@@H](O[C@H]2O[C@@H](CO)C[C@@H](O)[C@@H]2O)[C@H](O)[C@H]1O)C(C)(C)O)C1CC[C@@]2(C)C3CC=C4C(CC[C@H](O[C@@H]5O[C@H](CO[C@@H]6O[C@H](CO)[C@@H](O)[C@H](O)[C@H]6O)[C@@H](O)[C@H](O)[C@H]5O)C4(C)C)[C@]3(C)[C@H](O)C[C@]12C. The molecule has 0 bridgehead atoms. The fourth-order valence-electron chi connectivity index (χ4n) is 15.3. The summed E-state index contributed by atoms with van der Waals surface area (Å²) in [5.74, 6) is 0.493. The maximum Gasteiger partial charge on any atom is 0.187 e. The minimum atomic E-state index is -1.70. The molecule has 14 N–H and O–H groups in total. The van der Waals surface area contributed by atoms with Gasteiger partial charge in [-0.2, -0.15) is 0 Å². The van der Waals surface area contributed by atoms with Crippen LogP contribution in [0.2, 0.25) is 0 Å². The zero-order chi connectivity index (χ0) is 55.1. The van der Waals surface area contributed by atoms with E-state index in [9.17, 15) is 71.5 Å². The number of hydrogen-bond donors (Lipinski definition) is 14. The van der Waals surface area contributed by atoms with Gasteiger partial charge < -0.3 is 109 Å². The Labute approximate surface area is 439 Å². The Kier molecular flexibility index (Phi) is 18.1. The molecule has 22 heteroatoms. The molecule has 0 spiro atoms. The van der Waals surface area contributed by atoms with Gasteiger partial charge in [0.05, 0.1) is 62.5 Å². The van der Waals surface area contributed by atoms with Crippen LogP contribution in [0.25, 0.3) is 0 Å². The van der Waals surface area contributed by atoms with Crippen LogP contribution < -0.4 is 0 Å². The van der Waals surface area contributed by atoms with Gasteiger partial charge in [-0.05, 0) is 99.7 Å². The van der Waals surface area contributed by atoms with Gasteiger partial charge in [0.15, 0.2) is 25.2 Å². The maximum atomic E-state index is 12.7. The molecule has 3 saturated carbocycles. The van der Waals surface area contributed by atoms with Gasteiger partial charge in [-0.3, -0.25) is 0 Å². The number of ether oxygens (including phenoxy) is 8. The number of hydrogen-bond acceptors (Lipinski definition) is 22. The molecule has 3 unspecified atom stereocenters. The Morgan fingerprint density at radius 3 is 1.96 bits per heavy atom. The maximum absolute atomic E-state index is 12.7. The highest BCUT2D eigenvalue weighted by Crippen LogP contribution is 2.75. The molecule has 28 atom stereocenters. The average Bonchev–Trinajstić information content (AvgIpc) is 3.63. The van der Waals surface area contributed by atoms with E-state index in [4.69, 9.17) is 37.9 Å². The van der Waals surface area contributed by atoms with Crippen LogP contribution in [0, 0.1) is 45.3 Å². The summed E-state index contributed by atoms with van der Waals surface area (Å²) in [7, 11) is 0. The standard InChI is InChI=1S/C53H90O22/c1-23(9-13-35(50(4,5)67)75-46-42(64)39(61)31(22-69-46)72-47-36(58)28(56)17-24(19-54)70-47)25-15-16-51(6)32-12-10-26-27(53(32,8)33(57)18-52(25,51)7)11-14-34(49(26,2)3)74-48-44(66)41(63)38(60)30(73-48)21-68-45-43(65)40(62)37(59)29(20-55)71-45/h10,23-25,27-48,54-67H,9,11-22H2,1-8H3/t23-,24-,25?,27?,28-,29-,30-,31-,32?,33-,34+,35-,36+,37-,38-,39+,40+,41+,42-,43-,44-,45-,46+,47-,48+,51+,52-,53+/m1/s1. The summed E-state index contributed by atoms with van der Waals surface area (Å²) in [4.78, 5) is 0. The molecule has 4 aliphatic heterocycles. The second kappa shape index (κ2) is 22.7. The Morgan fingerprint density at radius 2 is 1.31 bits per heavy atom. The molecule has 75 heavy (non-hydrogen) atoms. The van der Waals surface area contributed by atoms with Gasteiger partial charge in [0.1, 0.15) is 73.2 Å². The minimum Gasteiger partial charge on any atom is -0.394 e. The molecular weight excluding hydrogens is 989 g/mol. The first-order valence-electron chi connectivity index (χ1n) is 27.3. The fourth-order valence-corrected chi connectivity index (χ4v) is 15.3. The highest BCUT2D eigenvalue weighted by Gasteiger charge is 2.70. The van der Waals surface area contributed by atoms with E-state index >= 15 is 0 Å². The van der Waals surface area contributed by atoms with Gasteiger partial charge in [-0.15, -0.1) is 0 Å². The summed E-state index contributed by atoms with van der Waals surface area (Å²) in [6.45, 7) is 14.8. The monoisotopic (exact) mass is 1080 g/mol. The van der Waals surface area contributed by atoms with Crippen molar-refractivity contribution in [1.29, 1.82) is 0 Å². The molecule has 4 saturated heterocycles. The normalized spacial score (nSPS) is 51.0. The van der Waals surface area contributed by atoms with E-state index in [-0.39, 0.29) is 47.5 Å². The summed E-state index contributed by atoms with van der Waals surface area (Å²) >= 11 is 0. The summed E-state index contributed by atoms with van der Waals surface area (Å²) in [5.41, 5.74) is -1.74. The van der Waals surface area contributed by atoms with Crippen LogP contribution in [0.1, 0.15) is 113 Å². The van der Waals surface area contributed by atoms with E-state index in [1.807, 2.05) is 0 Å². The third-order valence-corrected chi connectivity index (χ3v) is 20.3. The molecule has 22 nitrogen and oxygen atoms in total. The molecule has 0 amide bonds. The molecule has 0 aromatic rings. The van der Waals surface area contributed by atoms with E-state index in [1.54, 1.807) is 13.8 Å². The second-order valence-electron chi connectivity index (χ2n) is 25.3. The molecule has 7 fully saturated rings. The summed E-state index contributed by atoms with van der Waals surface area (Å²) in [6, 6.07) is 0. The Morgan fingerprint density at radius 1 is 0.680 bits per heavy atom. The number of rotatable bonds is 16. The lowest BCUT2D eigenvalue weighted by molar-refractivity contribution is -0.340. The van der Waals surface area contributed by atoms with Crippen LogP contribution in [-0.2, 0) is 37.9 Å². The lowest BCUT2D eigenvalue weighted by Crippen LogP contribution is -2.65. The van der Waals surface area contributed by atoms with Gasteiger partial charge in [-0.25, -0.2) is 0 Å². The van der Waals surface area contributed by atoms with Crippen LogP contribution in [0.5, 0.6) is 0 Å². The van der Waals surface area contributed by atoms with Crippen molar-refractivity contribution in [2.24, 2.45) is 45.3 Å². The van der Waals surface area contributed by atoms with Crippen molar-refractivity contribution in [3.8, 4) is 0 Å². The zero-order valence-corrected chi connectivity index (χ0v) is 44.7. The molecule has 8 aliphatic rings. The Balaban J connectivity index is 0.900. The number of fused-ring (bicyclic) bond motifs is 5. The van der Waals surface area contributed by atoms with E-state index in [0.717, 1.165) is 24.8 Å². The van der Waals surface area contributed by atoms with Crippen LogP contribution in [0.4, 0.5) is 0 Å². The fraction of sp³-hybridized carbons (Fsp3) is 0.962. The van der Waals surface area contributed by atoms with E-state index in [2.05, 4.69) is 47.6 Å². The summed E-state index contributed by atoms with van der Waals surface area (Å²) < 4.78 is 47.1. The van der Waals surface area contributed by atoms with E-state index < -0.39 is 165 Å². The van der Waals surface area contributed by atoms with Crippen molar-refractivity contribution in [3.05, 3.63) is 11.6 Å². The lowest BCUT2D eigenvalue weighted by Gasteiger charge is -2.67. The first kappa shape index (κ1) is 60.0. The smallest absolute Gasteiger partial charge is 0.187 e. The summed E-state index contributed by atoms with van der Waals surface area (Å²) in [6.07, 6.45) is -20.1. The van der Waals surface area contributed by atoms with Crippen molar-refractivity contribution in [1.82, 2.24) is 0 Å². The van der Waals surface area contributed by atoms with Crippen molar-refractivity contribution < 1.29 is 109 Å². The van der Waals surface area contributed by atoms with Gasteiger partial charge in [-0.1, -0.05) is 53.2 Å². The van der Waals surface area contributed by atoms with Crippen LogP contribution in [0.15, 0.2) is 11.6 Å². The number of aliphatic hydroxyl groups is 14. The minimum absolute atomic E-state index is 0.00404. The van der Waals surface area contributed by atoms with Gasteiger partial charge >= 0.3 is 0 Å². The Bertz CT molecular complexity index is 1940. The topological polar surface area (TPSA) is 357 Å². The van der Waals surface area contributed by atoms with Crippen LogP contribution in [0.3, 0.4) is 0 Å². The first-order chi connectivity index (χ1) is 35.0. The highest BCUT2D eigenvalue weighted by atomic mass is 16.7. The second-order valence-corrected chi connectivity index (χ2v) is 25.3. The largest absolute Gasteiger partial charge is 0.394 e. The molecule has 8 rings (SSSR count). The predicted octanol–water partition coefficient (Wildman–Crippen LogP) is -1.56. The molecule has 0 radical (unpaired) electrons. The van der Waals surface area contributed by atoms with Gasteiger partial charge in [0.2, 0.25) is 0 Å². The number of allylic oxidation sites excluding steroid dienone is 1.